The third-order valence-corrected chi connectivity index (χ3v) is 4.27. The SMILES string of the molecule is CC1CCC(NC(=O)NCc2cc(COc3ccccc3F)on2)C1. The molecule has 3 rings (SSSR count). The zero-order valence-corrected chi connectivity index (χ0v) is 14.1. The van der Waals surface area contributed by atoms with E-state index in [4.69, 9.17) is 9.26 Å². The molecule has 1 fully saturated rings. The Balaban J connectivity index is 1.42. The standard InChI is InChI=1S/C18H22FN3O3/c1-12-6-7-13(8-12)21-18(23)20-10-14-9-15(25-22-14)11-24-17-5-3-2-4-16(17)19/h2-5,9,12-13H,6-8,10-11H2,1H3,(H2,20,21,23). The number of benzene rings is 1. The second-order valence-electron chi connectivity index (χ2n) is 6.45. The predicted octanol–water partition coefficient (Wildman–Crippen LogP) is 3.38. The molecule has 1 aromatic carbocycles. The minimum atomic E-state index is -0.429. The van der Waals surface area contributed by atoms with Gasteiger partial charge in [0, 0.05) is 12.1 Å². The normalized spacial score (nSPS) is 19.6. The molecule has 2 atom stereocenters. The molecule has 1 aliphatic rings. The summed E-state index contributed by atoms with van der Waals surface area (Å²) < 4.78 is 24.0. The van der Waals surface area contributed by atoms with Crippen molar-refractivity contribution in [3.05, 3.63) is 47.6 Å². The Morgan fingerprint density at radius 1 is 1.40 bits per heavy atom. The van der Waals surface area contributed by atoms with Gasteiger partial charge in [0.25, 0.3) is 0 Å². The lowest BCUT2D eigenvalue weighted by atomic mass is 10.1. The Hall–Kier alpha value is -2.57. The Labute approximate surface area is 145 Å². The molecule has 0 saturated heterocycles. The highest BCUT2D eigenvalue weighted by molar-refractivity contribution is 5.74. The largest absolute Gasteiger partial charge is 0.482 e. The summed E-state index contributed by atoms with van der Waals surface area (Å²) in [6.07, 6.45) is 3.20. The maximum absolute atomic E-state index is 13.5. The summed E-state index contributed by atoms with van der Waals surface area (Å²) in [6.45, 7) is 2.53. The molecule has 2 amide bonds. The van der Waals surface area contributed by atoms with Gasteiger partial charge < -0.3 is 19.9 Å². The molecule has 0 spiro atoms. The Bertz CT molecular complexity index is 719. The van der Waals surface area contributed by atoms with Crippen molar-refractivity contribution < 1.29 is 18.4 Å². The fraction of sp³-hybridized carbons (Fsp3) is 0.444. The molecular weight excluding hydrogens is 325 g/mol. The second-order valence-corrected chi connectivity index (χ2v) is 6.45. The summed E-state index contributed by atoms with van der Waals surface area (Å²) in [5, 5.41) is 9.60. The lowest BCUT2D eigenvalue weighted by Gasteiger charge is -2.12. The van der Waals surface area contributed by atoms with E-state index in [2.05, 4.69) is 22.7 Å². The van der Waals surface area contributed by atoms with Gasteiger partial charge in [0.15, 0.2) is 17.3 Å². The second kappa shape index (κ2) is 8.00. The molecular formula is C18H22FN3O3. The maximum atomic E-state index is 13.5. The van der Waals surface area contributed by atoms with E-state index in [9.17, 15) is 9.18 Å². The highest BCUT2D eigenvalue weighted by Crippen LogP contribution is 2.24. The molecule has 1 aromatic heterocycles. The summed E-state index contributed by atoms with van der Waals surface area (Å²) >= 11 is 0. The van der Waals surface area contributed by atoms with E-state index >= 15 is 0 Å². The average molecular weight is 347 g/mol. The van der Waals surface area contributed by atoms with Crippen molar-refractivity contribution in [1.82, 2.24) is 15.8 Å². The first-order chi connectivity index (χ1) is 12.1. The van der Waals surface area contributed by atoms with Crippen LogP contribution in [0.3, 0.4) is 0 Å². The number of halogens is 1. The van der Waals surface area contributed by atoms with E-state index in [0.29, 0.717) is 17.4 Å². The van der Waals surface area contributed by atoms with Crippen molar-refractivity contribution in [1.29, 1.82) is 0 Å². The van der Waals surface area contributed by atoms with Gasteiger partial charge in [-0.2, -0.15) is 0 Å². The van der Waals surface area contributed by atoms with E-state index in [0.717, 1.165) is 19.3 Å². The molecule has 1 heterocycles. The predicted molar refractivity (Wildman–Crippen MR) is 89.4 cm³/mol. The number of hydrogen-bond donors (Lipinski definition) is 2. The van der Waals surface area contributed by atoms with Crippen LogP contribution in [0.1, 0.15) is 37.6 Å². The molecule has 2 N–H and O–H groups in total. The number of hydrogen-bond acceptors (Lipinski definition) is 4. The van der Waals surface area contributed by atoms with Crippen LogP contribution in [-0.2, 0) is 13.2 Å². The highest BCUT2D eigenvalue weighted by Gasteiger charge is 2.22. The van der Waals surface area contributed by atoms with Crippen molar-refractivity contribution in [2.75, 3.05) is 0 Å². The zero-order chi connectivity index (χ0) is 17.6. The first kappa shape index (κ1) is 17.3. The van der Waals surface area contributed by atoms with Gasteiger partial charge >= 0.3 is 6.03 Å². The van der Waals surface area contributed by atoms with Crippen LogP contribution < -0.4 is 15.4 Å². The van der Waals surface area contributed by atoms with Crippen LogP contribution in [0.2, 0.25) is 0 Å². The molecule has 2 unspecified atom stereocenters. The first-order valence-corrected chi connectivity index (χ1v) is 8.46. The highest BCUT2D eigenvalue weighted by atomic mass is 19.1. The number of carbonyl (C=O) groups is 1. The number of amides is 2. The molecule has 2 aromatic rings. The van der Waals surface area contributed by atoms with Gasteiger partial charge in [0.05, 0.1) is 6.54 Å². The van der Waals surface area contributed by atoms with Crippen molar-refractivity contribution in [2.24, 2.45) is 5.92 Å². The summed E-state index contributed by atoms with van der Waals surface area (Å²) in [7, 11) is 0. The quantitative estimate of drug-likeness (QED) is 0.840. The summed E-state index contributed by atoms with van der Waals surface area (Å²) in [6, 6.07) is 7.88. The Kier molecular flexibility index (Phi) is 5.53. The van der Waals surface area contributed by atoms with Crippen LogP contribution in [-0.4, -0.2) is 17.2 Å². The van der Waals surface area contributed by atoms with Crippen molar-refractivity contribution >= 4 is 6.03 Å². The van der Waals surface area contributed by atoms with Crippen LogP contribution in [0.25, 0.3) is 0 Å². The Morgan fingerprint density at radius 2 is 2.24 bits per heavy atom. The van der Waals surface area contributed by atoms with Gasteiger partial charge in [-0.1, -0.05) is 24.2 Å². The summed E-state index contributed by atoms with van der Waals surface area (Å²) in [4.78, 5) is 11.9. The minimum absolute atomic E-state index is 0.0695. The average Bonchev–Trinajstić information content (AvgIpc) is 3.21. The zero-order valence-electron chi connectivity index (χ0n) is 14.1. The monoisotopic (exact) mass is 347 g/mol. The lowest BCUT2D eigenvalue weighted by Crippen LogP contribution is -2.40. The molecule has 0 bridgehead atoms. The van der Waals surface area contributed by atoms with Crippen LogP contribution in [0.4, 0.5) is 9.18 Å². The number of nitrogens with zero attached hydrogens (tertiary/aromatic N) is 1. The first-order valence-electron chi connectivity index (χ1n) is 8.46. The van der Waals surface area contributed by atoms with Crippen molar-refractivity contribution in [2.45, 2.75) is 45.4 Å². The van der Waals surface area contributed by atoms with E-state index in [1.54, 1.807) is 24.3 Å². The fourth-order valence-electron chi connectivity index (χ4n) is 2.96. The van der Waals surface area contributed by atoms with Gasteiger partial charge in [0.2, 0.25) is 0 Å². The fourth-order valence-corrected chi connectivity index (χ4v) is 2.96. The molecule has 25 heavy (non-hydrogen) atoms. The number of ether oxygens (including phenoxy) is 1. The number of carbonyl (C=O) groups excluding carboxylic acids is 1. The number of rotatable bonds is 6. The third kappa shape index (κ3) is 4.95. The third-order valence-electron chi connectivity index (χ3n) is 4.27. The van der Waals surface area contributed by atoms with E-state index < -0.39 is 5.82 Å². The number of urea groups is 1. The van der Waals surface area contributed by atoms with Crippen LogP contribution in [0, 0.1) is 11.7 Å². The van der Waals surface area contributed by atoms with E-state index in [1.165, 1.54) is 6.07 Å². The van der Waals surface area contributed by atoms with Gasteiger partial charge in [0.1, 0.15) is 12.3 Å². The van der Waals surface area contributed by atoms with Crippen molar-refractivity contribution in [3.63, 3.8) is 0 Å². The summed E-state index contributed by atoms with van der Waals surface area (Å²) in [5.41, 5.74) is 0.585. The lowest BCUT2D eigenvalue weighted by molar-refractivity contribution is 0.235. The van der Waals surface area contributed by atoms with Gasteiger partial charge in [-0.25, -0.2) is 9.18 Å². The molecule has 0 aliphatic heterocycles. The van der Waals surface area contributed by atoms with Gasteiger partial charge in [-0.05, 0) is 37.3 Å². The van der Waals surface area contributed by atoms with E-state index in [1.807, 2.05) is 0 Å². The van der Waals surface area contributed by atoms with Crippen molar-refractivity contribution in [3.8, 4) is 5.75 Å². The Morgan fingerprint density at radius 3 is 3.00 bits per heavy atom. The van der Waals surface area contributed by atoms with Gasteiger partial charge in [-0.3, -0.25) is 0 Å². The van der Waals surface area contributed by atoms with Crippen LogP contribution in [0.15, 0.2) is 34.9 Å². The molecule has 134 valence electrons. The number of para-hydroxylation sites is 1. The van der Waals surface area contributed by atoms with Gasteiger partial charge in [-0.15, -0.1) is 0 Å². The molecule has 1 saturated carbocycles. The number of nitrogens with one attached hydrogen (secondary N) is 2. The number of aromatic nitrogens is 1. The molecule has 7 heteroatoms. The summed E-state index contributed by atoms with van der Waals surface area (Å²) in [5.74, 6) is 0.855. The minimum Gasteiger partial charge on any atom is -0.482 e. The topological polar surface area (TPSA) is 76.4 Å². The molecule has 0 radical (unpaired) electrons. The maximum Gasteiger partial charge on any atom is 0.315 e. The van der Waals surface area contributed by atoms with Crippen LogP contribution >= 0.6 is 0 Å². The smallest absolute Gasteiger partial charge is 0.315 e. The molecule has 6 nitrogen and oxygen atoms in total. The van der Waals surface area contributed by atoms with Crippen LogP contribution in [0.5, 0.6) is 5.75 Å². The van der Waals surface area contributed by atoms with E-state index in [-0.39, 0.29) is 31.0 Å². The molecule has 1 aliphatic carbocycles.